The van der Waals surface area contributed by atoms with Crippen molar-refractivity contribution in [2.24, 2.45) is 0 Å². The highest BCUT2D eigenvalue weighted by molar-refractivity contribution is 9.09. The van der Waals surface area contributed by atoms with Gasteiger partial charge in [-0.15, -0.1) is 0 Å². The Bertz CT molecular complexity index is 506. The number of aromatic nitrogens is 1. The van der Waals surface area contributed by atoms with Crippen LogP contribution in [0.2, 0.25) is 0 Å². The van der Waals surface area contributed by atoms with Crippen molar-refractivity contribution >= 4 is 32.8 Å². The monoisotopic (exact) mass is 269 g/mol. The molecule has 0 atom stereocenters. The number of fused-ring (bicyclic) bond motifs is 1. The maximum atomic E-state index is 11.1. The van der Waals surface area contributed by atoms with Crippen LogP contribution in [0.1, 0.15) is 0 Å². The molecule has 0 bridgehead atoms. The number of rotatable bonds is 2. The van der Waals surface area contributed by atoms with Gasteiger partial charge in [0.2, 0.25) is 0 Å². The van der Waals surface area contributed by atoms with Gasteiger partial charge in [-0.1, -0.05) is 28.1 Å². The van der Waals surface area contributed by atoms with E-state index >= 15 is 0 Å². The van der Waals surface area contributed by atoms with E-state index in [4.69, 9.17) is 4.84 Å². The Labute approximate surface area is 94.2 Å². The van der Waals surface area contributed by atoms with Gasteiger partial charge in [0.15, 0.2) is 0 Å². The van der Waals surface area contributed by atoms with E-state index < -0.39 is 5.97 Å². The summed E-state index contributed by atoms with van der Waals surface area (Å²) in [6.45, 7) is 0. The molecule has 0 aliphatic rings. The molecule has 78 valence electrons. The summed E-state index contributed by atoms with van der Waals surface area (Å²) in [5, 5.41) is 10.3. The van der Waals surface area contributed by atoms with Crippen molar-refractivity contribution in [3.8, 4) is 5.75 Å². The minimum Gasteiger partial charge on any atom is -0.506 e. The number of carbonyl (C=O) groups is 1. The van der Waals surface area contributed by atoms with Crippen LogP contribution in [0.5, 0.6) is 5.75 Å². The number of hydrogen-bond donors (Lipinski definition) is 1. The fourth-order valence-corrected chi connectivity index (χ4v) is 1.44. The average molecular weight is 270 g/mol. The van der Waals surface area contributed by atoms with Gasteiger partial charge in [0.25, 0.3) is 0 Å². The predicted molar refractivity (Wildman–Crippen MR) is 59.0 cm³/mol. The number of nitrogens with zero attached hydrogens (tertiary/aromatic N) is 1. The van der Waals surface area contributed by atoms with Gasteiger partial charge in [0, 0.05) is 5.39 Å². The number of alkyl halides is 1. The third kappa shape index (κ3) is 1.83. The molecule has 2 aromatic rings. The largest absolute Gasteiger partial charge is 0.506 e. The van der Waals surface area contributed by atoms with Gasteiger partial charge in [-0.2, -0.15) is 4.73 Å². The molecule has 0 fully saturated rings. The van der Waals surface area contributed by atoms with E-state index in [1.54, 1.807) is 24.3 Å². The lowest BCUT2D eigenvalue weighted by atomic mass is 10.2. The zero-order valence-corrected chi connectivity index (χ0v) is 9.27. The number of para-hydroxylation sites is 1. The number of benzene rings is 1. The Hall–Kier alpha value is -1.49. The molecular weight excluding hydrogens is 262 g/mol. The molecule has 0 saturated carbocycles. The summed E-state index contributed by atoms with van der Waals surface area (Å²) in [6.07, 6.45) is 1.37. The lowest BCUT2D eigenvalue weighted by molar-refractivity contribution is -0.140. The van der Waals surface area contributed by atoms with Crippen LogP contribution in [0.4, 0.5) is 0 Å². The molecule has 1 N–H and O–H groups in total. The second kappa shape index (κ2) is 3.94. The first-order valence-electron chi connectivity index (χ1n) is 4.28. The van der Waals surface area contributed by atoms with Crippen molar-refractivity contribution in [2.75, 3.05) is 5.33 Å². The number of hydrogen-bond acceptors (Lipinski definition) is 3. The normalized spacial score (nSPS) is 10.5. The molecule has 0 spiro atoms. The molecule has 5 heteroatoms. The first-order chi connectivity index (χ1) is 7.22. The highest BCUT2D eigenvalue weighted by Gasteiger charge is 2.09. The molecule has 15 heavy (non-hydrogen) atoms. The van der Waals surface area contributed by atoms with Gasteiger partial charge in [-0.05, 0) is 12.1 Å². The van der Waals surface area contributed by atoms with Crippen LogP contribution in [0.25, 0.3) is 10.9 Å². The second-order valence-electron chi connectivity index (χ2n) is 2.95. The number of aromatic hydroxyl groups is 1. The van der Waals surface area contributed by atoms with Gasteiger partial charge in [-0.25, -0.2) is 4.79 Å². The van der Waals surface area contributed by atoms with Gasteiger partial charge in [0.05, 0.1) is 11.7 Å². The highest BCUT2D eigenvalue weighted by atomic mass is 79.9. The van der Waals surface area contributed by atoms with E-state index in [0.717, 1.165) is 0 Å². The Morgan fingerprint density at radius 1 is 1.47 bits per heavy atom. The van der Waals surface area contributed by atoms with E-state index in [1.807, 2.05) is 0 Å². The standard InChI is InChI=1S/C10H8BrNO3/c11-5-10(14)15-12-6-9(13)7-3-1-2-4-8(7)12/h1-4,6,13H,5H2. The molecule has 0 unspecified atom stereocenters. The van der Waals surface area contributed by atoms with Crippen molar-refractivity contribution in [2.45, 2.75) is 0 Å². The Kier molecular flexibility index (Phi) is 2.64. The van der Waals surface area contributed by atoms with E-state index in [1.165, 1.54) is 10.9 Å². The maximum absolute atomic E-state index is 11.1. The average Bonchev–Trinajstić information content (AvgIpc) is 2.57. The van der Waals surface area contributed by atoms with Crippen LogP contribution in [0.15, 0.2) is 30.5 Å². The molecule has 0 amide bonds. The molecule has 0 radical (unpaired) electrons. The van der Waals surface area contributed by atoms with Crippen LogP contribution in [-0.2, 0) is 4.79 Å². The molecule has 0 saturated heterocycles. The fourth-order valence-electron chi connectivity index (χ4n) is 1.34. The summed E-state index contributed by atoms with van der Waals surface area (Å²) in [4.78, 5) is 16.0. The zero-order valence-electron chi connectivity index (χ0n) is 7.68. The SMILES string of the molecule is O=C(CBr)On1cc(O)c2ccccc21. The van der Waals surface area contributed by atoms with Crippen LogP contribution < -0.4 is 4.84 Å². The Balaban J connectivity index is 2.48. The van der Waals surface area contributed by atoms with Crippen molar-refractivity contribution in [3.05, 3.63) is 30.5 Å². The van der Waals surface area contributed by atoms with Gasteiger partial charge < -0.3 is 9.94 Å². The third-order valence-corrected chi connectivity index (χ3v) is 2.42. The maximum Gasteiger partial charge on any atom is 0.343 e. The molecule has 1 heterocycles. The summed E-state index contributed by atoms with van der Waals surface area (Å²) < 4.78 is 1.26. The van der Waals surface area contributed by atoms with E-state index in [-0.39, 0.29) is 11.1 Å². The van der Waals surface area contributed by atoms with Crippen molar-refractivity contribution < 1.29 is 14.7 Å². The fraction of sp³-hybridized carbons (Fsp3) is 0.100. The summed E-state index contributed by atoms with van der Waals surface area (Å²) in [5.74, 6) is -0.330. The molecule has 2 rings (SSSR count). The van der Waals surface area contributed by atoms with Crippen LogP contribution >= 0.6 is 15.9 Å². The second-order valence-corrected chi connectivity index (χ2v) is 3.51. The smallest absolute Gasteiger partial charge is 0.343 e. The third-order valence-electron chi connectivity index (χ3n) is 1.97. The lowest BCUT2D eigenvalue weighted by Gasteiger charge is -2.02. The minimum atomic E-state index is -0.421. The molecule has 0 aliphatic heterocycles. The van der Waals surface area contributed by atoms with Gasteiger partial charge in [0.1, 0.15) is 11.1 Å². The summed E-state index contributed by atoms with van der Waals surface area (Å²) in [6, 6.07) is 7.12. The summed E-state index contributed by atoms with van der Waals surface area (Å²) in [7, 11) is 0. The topological polar surface area (TPSA) is 51.5 Å². The molecule has 0 aliphatic carbocycles. The Morgan fingerprint density at radius 3 is 2.93 bits per heavy atom. The molecule has 1 aromatic heterocycles. The molecular formula is C10H8BrNO3. The van der Waals surface area contributed by atoms with Crippen LogP contribution in [0, 0.1) is 0 Å². The molecule has 4 nitrogen and oxygen atoms in total. The lowest BCUT2D eigenvalue weighted by Crippen LogP contribution is -2.19. The highest BCUT2D eigenvalue weighted by Crippen LogP contribution is 2.25. The summed E-state index contributed by atoms with van der Waals surface area (Å²) in [5.41, 5.74) is 0.657. The molecule has 1 aromatic carbocycles. The van der Waals surface area contributed by atoms with Crippen LogP contribution in [-0.4, -0.2) is 21.1 Å². The Morgan fingerprint density at radius 2 is 2.20 bits per heavy atom. The predicted octanol–water partition coefficient (Wildman–Crippen LogP) is 1.70. The minimum absolute atomic E-state index is 0.0907. The van der Waals surface area contributed by atoms with Gasteiger partial charge >= 0.3 is 5.97 Å². The quantitative estimate of drug-likeness (QED) is 0.845. The van der Waals surface area contributed by atoms with Crippen molar-refractivity contribution in [1.82, 2.24) is 4.73 Å². The zero-order chi connectivity index (χ0) is 10.8. The van der Waals surface area contributed by atoms with Crippen LogP contribution in [0.3, 0.4) is 0 Å². The number of carbonyl (C=O) groups excluding carboxylic acids is 1. The van der Waals surface area contributed by atoms with E-state index in [0.29, 0.717) is 10.9 Å². The van der Waals surface area contributed by atoms with Crippen molar-refractivity contribution in [3.63, 3.8) is 0 Å². The first kappa shape index (κ1) is 10.0. The first-order valence-corrected chi connectivity index (χ1v) is 5.40. The van der Waals surface area contributed by atoms with Gasteiger partial charge in [-0.3, -0.25) is 0 Å². The number of halogens is 1. The van der Waals surface area contributed by atoms with E-state index in [2.05, 4.69) is 15.9 Å². The van der Waals surface area contributed by atoms with Crippen molar-refractivity contribution in [1.29, 1.82) is 0 Å². The summed E-state index contributed by atoms with van der Waals surface area (Å²) >= 11 is 2.99. The van der Waals surface area contributed by atoms with E-state index in [9.17, 15) is 9.90 Å².